The molecule has 222 valence electrons. The molecule has 0 heterocycles. The molecule has 0 aromatic rings. The van der Waals surface area contributed by atoms with E-state index < -0.39 is 11.4 Å². The number of ether oxygens (including phenoxy) is 2. The minimum Gasteiger partial charge on any atom is -0.463 e. The topological polar surface area (TPSA) is 72.8 Å². The highest BCUT2D eigenvalue weighted by Crippen LogP contribution is 2.77. The van der Waals surface area contributed by atoms with E-state index in [1.165, 1.54) is 25.7 Å². The van der Waals surface area contributed by atoms with Crippen molar-refractivity contribution in [1.29, 1.82) is 0 Å². The van der Waals surface area contributed by atoms with Crippen molar-refractivity contribution in [2.75, 3.05) is 13.2 Å². The molecule has 5 heteroatoms. The van der Waals surface area contributed by atoms with Crippen LogP contribution >= 0.6 is 0 Å². The molecule has 0 saturated heterocycles. The lowest BCUT2D eigenvalue weighted by Crippen LogP contribution is -2.67. The SMILES string of the molecule is CCOC(=O)COC(=O)[C@]12CC[C@@H](C(C)C)C1C1CCC3[C@@]4(C)CC[C@H](O)C(C)(C)C4CC[C@@]3(C)[C@]1(C)CC2. The number of hydrogen-bond acceptors (Lipinski definition) is 5. The van der Waals surface area contributed by atoms with Crippen LogP contribution in [0.5, 0.6) is 0 Å². The van der Waals surface area contributed by atoms with E-state index in [1.54, 1.807) is 6.92 Å². The first-order chi connectivity index (χ1) is 18.2. The van der Waals surface area contributed by atoms with Crippen molar-refractivity contribution >= 4 is 11.9 Å². The molecule has 0 bridgehead atoms. The maximum absolute atomic E-state index is 13.9. The highest BCUT2D eigenvalue weighted by molar-refractivity contribution is 5.81. The van der Waals surface area contributed by atoms with Gasteiger partial charge in [0.15, 0.2) is 6.61 Å². The average Bonchev–Trinajstić information content (AvgIpc) is 3.27. The molecule has 5 aliphatic carbocycles. The molecular weight excluding hydrogens is 488 g/mol. The number of fused-ring (bicyclic) bond motifs is 7. The molecule has 0 spiro atoms. The van der Waals surface area contributed by atoms with Gasteiger partial charge in [0.1, 0.15) is 0 Å². The largest absolute Gasteiger partial charge is 0.463 e. The summed E-state index contributed by atoms with van der Waals surface area (Å²) in [5.74, 6) is 2.48. The van der Waals surface area contributed by atoms with Gasteiger partial charge in [-0.15, -0.1) is 0 Å². The number of esters is 2. The van der Waals surface area contributed by atoms with Gasteiger partial charge in [0.05, 0.1) is 18.1 Å². The Labute approximate surface area is 237 Å². The number of rotatable bonds is 5. The number of hydrogen-bond donors (Lipinski definition) is 1. The summed E-state index contributed by atoms with van der Waals surface area (Å²) in [6.45, 7) is 18.9. The van der Waals surface area contributed by atoms with Gasteiger partial charge in [0.2, 0.25) is 0 Å². The normalized spacial score (nSPS) is 48.4. The van der Waals surface area contributed by atoms with Gasteiger partial charge in [-0.1, -0.05) is 48.5 Å². The van der Waals surface area contributed by atoms with Gasteiger partial charge in [-0.3, -0.25) is 4.79 Å². The molecule has 0 radical (unpaired) electrons. The molecule has 4 unspecified atom stereocenters. The van der Waals surface area contributed by atoms with Crippen molar-refractivity contribution < 1.29 is 24.2 Å². The average molecular weight is 545 g/mol. The van der Waals surface area contributed by atoms with Crippen LogP contribution in [0.1, 0.15) is 120 Å². The van der Waals surface area contributed by atoms with Crippen LogP contribution in [0, 0.1) is 62.6 Å². The van der Waals surface area contributed by atoms with Gasteiger partial charge in [0.25, 0.3) is 0 Å². The van der Waals surface area contributed by atoms with E-state index in [1.807, 2.05) is 0 Å². The molecule has 5 nitrogen and oxygen atoms in total. The van der Waals surface area contributed by atoms with Crippen molar-refractivity contribution in [2.24, 2.45) is 62.6 Å². The molecule has 0 amide bonds. The minimum absolute atomic E-state index is 0.0370. The Kier molecular flexibility index (Phi) is 7.34. The van der Waals surface area contributed by atoms with Crippen LogP contribution in [0.2, 0.25) is 0 Å². The zero-order chi connectivity index (χ0) is 28.6. The van der Waals surface area contributed by atoms with Crippen molar-refractivity contribution in [2.45, 2.75) is 126 Å². The standard InChI is InChI=1S/C34H56O5/c1-9-38-27(36)20-39-29(37)34-17-12-22(21(2)3)28(34)23-10-11-25-31(6)15-14-26(35)30(4,5)24(31)13-16-33(25,8)32(23,7)18-19-34/h21-26,28,35H,9-20H2,1-8H3/t22-,23?,24?,25?,26-,28?,31-,32+,33+,34-/m0/s1. The third-order valence-electron chi connectivity index (χ3n) is 14.4. The smallest absolute Gasteiger partial charge is 0.344 e. The lowest BCUT2D eigenvalue weighted by atomic mass is 9.32. The predicted molar refractivity (Wildman–Crippen MR) is 153 cm³/mol. The second-order valence-corrected chi connectivity index (χ2v) is 16.1. The van der Waals surface area contributed by atoms with Gasteiger partial charge < -0.3 is 14.6 Å². The van der Waals surface area contributed by atoms with Crippen LogP contribution in [0.4, 0.5) is 0 Å². The van der Waals surface area contributed by atoms with E-state index in [4.69, 9.17) is 9.47 Å². The lowest BCUT2D eigenvalue weighted by molar-refractivity contribution is -0.250. The second kappa shape index (κ2) is 9.73. The summed E-state index contributed by atoms with van der Waals surface area (Å²) in [5.41, 5.74) is 0.156. The molecule has 5 rings (SSSR count). The first-order valence-corrected chi connectivity index (χ1v) is 16.2. The Morgan fingerprint density at radius 1 is 0.821 bits per heavy atom. The molecule has 5 aliphatic rings. The molecule has 10 atom stereocenters. The summed E-state index contributed by atoms with van der Waals surface area (Å²) in [4.78, 5) is 26.0. The number of carbonyl (C=O) groups excluding carboxylic acids is 2. The Balaban J connectivity index is 1.48. The van der Waals surface area contributed by atoms with Gasteiger partial charge in [-0.05, 0) is 128 Å². The number of aliphatic hydroxyl groups is 1. The molecule has 5 saturated carbocycles. The summed E-state index contributed by atoms with van der Waals surface area (Å²) < 4.78 is 10.8. The third kappa shape index (κ3) is 4.01. The van der Waals surface area contributed by atoms with Crippen LogP contribution in [0.15, 0.2) is 0 Å². The fraction of sp³-hybridized carbons (Fsp3) is 0.941. The maximum Gasteiger partial charge on any atom is 0.344 e. The van der Waals surface area contributed by atoms with E-state index in [-0.39, 0.29) is 40.3 Å². The summed E-state index contributed by atoms with van der Waals surface area (Å²) in [7, 11) is 0. The fourth-order valence-corrected chi connectivity index (χ4v) is 12.2. The molecule has 0 aromatic heterocycles. The van der Waals surface area contributed by atoms with Crippen LogP contribution in [0.25, 0.3) is 0 Å². The highest BCUT2D eigenvalue weighted by Gasteiger charge is 2.72. The maximum atomic E-state index is 13.9. The molecule has 0 aromatic carbocycles. The number of carbonyl (C=O) groups is 2. The highest BCUT2D eigenvalue weighted by atomic mass is 16.6. The molecule has 1 N–H and O–H groups in total. The van der Waals surface area contributed by atoms with Gasteiger partial charge in [0, 0.05) is 0 Å². The van der Waals surface area contributed by atoms with E-state index in [2.05, 4.69) is 48.5 Å². The van der Waals surface area contributed by atoms with E-state index >= 15 is 0 Å². The number of aliphatic hydroxyl groups excluding tert-OH is 1. The third-order valence-corrected chi connectivity index (χ3v) is 14.4. The lowest BCUT2D eigenvalue weighted by Gasteiger charge is -2.72. The van der Waals surface area contributed by atoms with Crippen LogP contribution in [-0.4, -0.2) is 36.4 Å². The first kappa shape index (κ1) is 29.4. The quantitative estimate of drug-likeness (QED) is 0.371. The predicted octanol–water partition coefficient (Wildman–Crippen LogP) is 7.19. The Morgan fingerprint density at radius 2 is 1.54 bits per heavy atom. The van der Waals surface area contributed by atoms with Crippen molar-refractivity contribution in [3.8, 4) is 0 Å². The van der Waals surface area contributed by atoms with E-state index in [0.717, 1.165) is 38.5 Å². The van der Waals surface area contributed by atoms with Gasteiger partial charge >= 0.3 is 11.9 Å². The van der Waals surface area contributed by atoms with Gasteiger partial charge in [-0.2, -0.15) is 0 Å². The molecule has 0 aliphatic heterocycles. The Bertz CT molecular complexity index is 973. The Morgan fingerprint density at radius 3 is 2.21 bits per heavy atom. The zero-order valence-electron chi connectivity index (χ0n) is 26.1. The monoisotopic (exact) mass is 544 g/mol. The summed E-state index contributed by atoms with van der Waals surface area (Å²) in [6, 6.07) is 0. The van der Waals surface area contributed by atoms with Crippen LogP contribution in [0.3, 0.4) is 0 Å². The first-order valence-electron chi connectivity index (χ1n) is 16.2. The van der Waals surface area contributed by atoms with Crippen LogP contribution < -0.4 is 0 Å². The van der Waals surface area contributed by atoms with Crippen molar-refractivity contribution in [3.05, 3.63) is 0 Å². The molecule has 5 fully saturated rings. The minimum atomic E-state index is -0.465. The molecule has 39 heavy (non-hydrogen) atoms. The summed E-state index contributed by atoms with van der Waals surface area (Å²) in [5, 5.41) is 11.0. The summed E-state index contributed by atoms with van der Waals surface area (Å²) in [6.07, 6.45) is 10.6. The summed E-state index contributed by atoms with van der Waals surface area (Å²) >= 11 is 0. The van der Waals surface area contributed by atoms with Crippen LogP contribution in [-0.2, 0) is 19.1 Å². The van der Waals surface area contributed by atoms with Crippen molar-refractivity contribution in [1.82, 2.24) is 0 Å². The van der Waals surface area contributed by atoms with Crippen molar-refractivity contribution in [3.63, 3.8) is 0 Å². The van der Waals surface area contributed by atoms with E-state index in [0.29, 0.717) is 42.1 Å². The molecular formula is C34H56O5. The Hall–Kier alpha value is -1.10. The van der Waals surface area contributed by atoms with Gasteiger partial charge in [-0.25, -0.2) is 4.79 Å². The fourth-order valence-electron chi connectivity index (χ4n) is 12.2. The second-order valence-electron chi connectivity index (χ2n) is 16.1. The zero-order valence-corrected chi connectivity index (χ0v) is 26.1. The van der Waals surface area contributed by atoms with E-state index in [9.17, 15) is 14.7 Å².